The summed E-state index contributed by atoms with van der Waals surface area (Å²) in [5.41, 5.74) is 8.34. The molecule has 0 radical (unpaired) electrons. The smallest absolute Gasteiger partial charge is 0.147 e. The van der Waals surface area contributed by atoms with Gasteiger partial charge in [-0.3, -0.25) is 0 Å². The van der Waals surface area contributed by atoms with E-state index in [-0.39, 0.29) is 0 Å². The van der Waals surface area contributed by atoms with Gasteiger partial charge in [-0.2, -0.15) is 4.91 Å². The minimum atomic E-state index is 0.450. The molecule has 4 rings (SSSR count). The molecule has 1 fully saturated rings. The van der Waals surface area contributed by atoms with E-state index in [1.807, 2.05) is 0 Å². The third-order valence-electron chi connectivity index (χ3n) is 6.57. The largest absolute Gasteiger partial charge is 0.371 e. The summed E-state index contributed by atoms with van der Waals surface area (Å²) < 4.78 is 3.38. The van der Waals surface area contributed by atoms with E-state index in [1.165, 1.54) is 46.3 Å². The minimum absolute atomic E-state index is 0.450. The normalized spacial score (nSPS) is 15.1. The van der Waals surface area contributed by atoms with Crippen LogP contribution in [0.1, 0.15) is 48.1 Å². The Morgan fingerprint density at radius 2 is 1.74 bits per heavy atom. The molecule has 0 aliphatic carbocycles. The zero-order chi connectivity index (χ0) is 22.1. The van der Waals surface area contributed by atoms with Crippen LogP contribution in [0.3, 0.4) is 0 Å². The van der Waals surface area contributed by atoms with Gasteiger partial charge in [-0.15, -0.1) is 0 Å². The summed E-state index contributed by atoms with van der Waals surface area (Å²) in [5, 5.41) is 4.27. The van der Waals surface area contributed by atoms with Gasteiger partial charge in [0.2, 0.25) is 0 Å². The molecule has 0 saturated carbocycles. The lowest BCUT2D eigenvalue weighted by Crippen LogP contribution is -2.34. The van der Waals surface area contributed by atoms with Gasteiger partial charge in [-0.05, 0) is 94.2 Å². The van der Waals surface area contributed by atoms with Crippen LogP contribution < -0.4 is 4.90 Å². The molecule has 164 valence electrons. The number of nitroso groups, excluding NO2 is 1. The third-order valence-corrected chi connectivity index (χ3v) is 7.02. The summed E-state index contributed by atoms with van der Waals surface area (Å²) >= 11 is 3.62. The SMILES string of the molecule is Cc1cc(N2CCC(CCCN=O)CC2)c2c(C)cn(-c3c(C)cc(Br)cc3C)c2n1. The molecule has 0 bridgehead atoms. The zero-order valence-electron chi connectivity index (χ0n) is 18.9. The summed E-state index contributed by atoms with van der Waals surface area (Å²) in [5.74, 6) is 0.704. The van der Waals surface area contributed by atoms with E-state index >= 15 is 0 Å². The molecule has 0 amide bonds. The Balaban J connectivity index is 1.71. The van der Waals surface area contributed by atoms with Crippen molar-refractivity contribution in [3.63, 3.8) is 0 Å². The Kier molecular flexibility index (Phi) is 6.47. The first-order chi connectivity index (χ1) is 14.9. The first-order valence-corrected chi connectivity index (χ1v) is 12.0. The molecule has 6 heteroatoms. The standard InChI is InChI=1S/C25H31BrN4O/c1-16-12-21(26)13-17(2)24(16)30-15-18(3)23-22(14-19(4)28-25(23)30)29-10-7-20(8-11-29)6-5-9-27-31/h12-15,20H,5-11H2,1-4H3. The molecule has 1 aromatic carbocycles. The number of aromatic nitrogens is 2. The second-order valence-electron chi connectivity index (χ2n) is 8.98. The Morgan fingerprint density at radius 1 is 1.06 bits per heavy atom. The molecule has 3 aromatic rings. The van der Waals surface area contributed by atoms with Gasteiger partial charge in [0.15, 0.2) is 0 Å². The molecule has 3 heterocycles. The lowest BCUT2D eigenvalue weighted by molar-refractivity contribution is 0.375. The lowest BCUT2D eigenvalue weighted by Gasteiger charge is -2.34. The number of halogens is 1. The van der Waals surface area contributed by atoms with Crippen molar-refractivity contribution in [1.29, 1.82) is 0 Å². The number of aryl methyl sites for hydroxylation is 4. The molecule has 5 nitrogen and oxygen atoms in total. The highest BCUT2D eigenvalue weighted by molar-refractivity contribution is 9.10. The maximum absolute atomic E-state index is 10.4. The fourth-order valence-electron chi connectivity index (χ4n) is 5.12. The lowest BCUT2D eigenvalue weighted by atomic mass is 9.91. The molecule has 0 spiro atoms. The molecule has 0 N–H and O–H groups in total. The van der Waals surface area contributed by atoms with Crippen LogP contribution in [0.4, 0.5) is 5.69 Å². The van der Waals surface area contributed by atoms with Crippen molar-refractivity contribution in [3.05, 3.63) is 56.2 Å². The number of hydrogen-bond acceptors (Lipinski definition) is 4. The van der Waals surface area contributed by atoms with Crippen LogP contribution in [0.15, 0.2) is 34.0 Å². The van der Waals surface area contributed by atoms with Crippen LogP contribution in [0.2, 0.25) is 0 Å². The number of hydrogen-bond donors (Lipinski definition) is 0. The Morgan fingerprint density at radius 3 is 2.39 bits per heavy atom. The second kappa shape index (κ2) is 9.11. The zero-order valence-corrected chi connectivity index (χ0v) is 20.5. The quantitative estimate of drug-likeness (QED) is 0.287. The molecule has 1 saturated heterocycles. The number of pyridine rings is 1. The number of fused-ring (bicyclic) bond motifs is 1. The first-order valence-electron chi connectivity index (χ1n) is 11.2. The average Bonchev–Trinajstić information content (AvgIpc) is 3.03. The van der Waals surface area contributed by atoms with Crippen molar-refractivity contribution in [3.8, 4) is 5.69 Å². The highest BCUT2D eigenvalue weighted by atomic mass is 79.9. The Bertz CT molecular complexity index is 1090. The van der Waals surface area contributed by atoms with E-state index in [0.717, 1.165) is 41.7 Å². The van der Waals surface area contributed by atoms with E-state index in [1.54, 1.807) is 0 Å². The van der Waals surface area contributed by atoms with E-state index in [2.05, 4.69) is 82.7 Å². The van der Waals surface area contributed by atoms with Crippen LogP contribution in [-0.4, -0.2) is 29.2 Å². The van der Waals surface area contributed by atoms with Crippen LogP contribution in [0, 0.1) is 38.5 Å². The number of rotatable bonds is 6. The molecular weight excluding hydrogens is 452 g/mol. The van der Waals surface area contributed by atoms with Gasteiger partial charge in [0.05, 0.1) is 12.2 Å². The van der Waals surface area contributed by atoms with Crippen LogP contribution in [-0.2, 0) is 0 Å². The predicted molar refractivity (Wildman–Crippen MR) is 133 cm³/mol. The van der Waals surface area contributed by atoms with E-state index in [0.29, 0.717) is 12.5 Å². The summed E-state index contributed by atoms with van der Waals surface area (Å²) in [6.07, 6.45) is 6.62. The van der Waals surface area contributed by atoms with Crippen LogP contribution in [0.25, 0.3) is 16.7 Å². The highest BCUT2D eigenvalue weighted by Gasteiger charge is 2.23. The summed E-state index contributed by atoms with van der Waals surface area (Å²) in [6, 6.07) is 6.59. The van der Waals surface area contributed by atoms with Gasteiger partial charge in [0, 0.05) is 40.5 Å². The summed E-state index contributed by atoms with van der Waals surface area (Å²) in [6.45, 7) is 11.2. The van der Waals surface area contributed by atoms with E-state index in [4.69, 9.17) is 4.98 Å². The topological polar surface area (TPSA) is 50.5 Å². The Labute approximate surface area is 193 Å². The van der Waals surface area contributed by atoms with Gasteiger partial charge < -0.3 is 9.47 Å². The fraction of sp³-hybridized carbons (Fsp3) is 0.480. The molecule has 2 aromatic heterocycles. The second-order valence-corrected chi connectivity index (χ2v) is 9.89. The molecule has 1 aliphatic rings. The maximum atomic E-state index is 10.4. The van der Waals surface area contributed by atoms with Crippen molar-refractivity contribution in [2.45, 2.75) is 53.4 Å². The van der Waals surface area contributed by atoms with Crippen molar-refractivity contribution in [1.82, 2.24) is 9.55 Å². The van der Waals surface area contributed by atoms with Crippen LogP contribution >= 0.6 is 15.9 Å². The predicted octanol–water partition coefficient (Wildman–Crippen LogP) is 6.78. The number of anilines is 1. The molecule has 31 heavy (non-hydrogen) atoms. The number of benzene rings is 1. The summed E-state index contributed by atoms with van der Waals surface area (Å²) in [4.78, 5) is 17.9. The van der Waals surface area contributed by atoms with Crippen molar-refractivity contribution < 1.29 is 0 Å². The number of nitrogens with zero attached hydrogens (tertiary/aromatic N) is 4. The van der Waals surface area contributed by atoms with Crippen molar-refractivity contribution in [2.75, 3.05) is 24.5 Å². The Hall–Kier alpha value is -2.21. The molecule has 0 unspecified atom stereocenters. The molecular formula is C25H31BrN4O. The first kappa shape index (κ1) is 22.0. The van der Waals surface area contributed by atoms with E-state index in [9.17, 15) is 4.91 Å². The monoisotopic (exact) mass is 482 g/mol. The summed E-state index contributed by atoms with van der Waals surface area (Å²) in [7, 11) is 0. The van der Waals surface area contributed by atoms with Gasteiger partial charge in [0.1, 0.15) is 5.65 Å². The van der Waals surface area contributed by atoms with Gasteiger partial charge in [-0.25, -0.2) is 4.98 Å². The van der Waals surface area contributed by atoms with Gasteiger partial charge in [-0.1, -0.05) is 21.1 Å². The van der Waals surface area contributed by atoms with E-state index < -0.39 is 0 Å². The molecule has 0 atom stereocenters. The van der Waals surface area contributed by atoms with Crippen molar-refractivity contribution >= 4 is 32.7 Å². The average molecular weight is 483 g/mol. The van der Waals surface area contributed by atoms with Crippen molar-refractivity contribution in [2.24, 2.45) is 11.1 Å². The third kappa shape index (κ3) is 4.40. The van der Waals surface area contributed by atoms with Gasteiger partial charge in [0.25, 0.3) is 0 Å². The van der Waals surface area contributed by atoms with Crippen LogP contribution in [0.5, 0.6) is 0 Å². The van der Waals surface area contributed by atoms with Gasteiger partial charge >= 0.3 is 0 Å². The number of piperidine rings is 1. The minimum Gasteiger partial charge on any atom is -0.371 e. The maximum Gasteiger partial charge on any atom is 0.147 e. The molecule has 1 aliphatic heterocycles. The fourth-order valence-corrected chi connectivity index (χ4v) is 5.81. The highest BCUT2D eigenvalue weighted by Crippen LogP contribution is 2.36.